The van der Waals surface area contributed by atoms with Gasteiger partial charge in [0.1, 0.15) is 0 Å². The smallest absolute Gasteiger partial charge is 0.0316 e. The quantitative estimate of drug-likeness (QED) is 0.309. The maximum Gasteiger partial charge on any atom is 0.0316 e. The van der Waals surface area contributed by atoms with Gasteiger partial charge in [-0.15, -0.1) is 35.0 Å². The average molecular weight is 425 g/mol. The molecule has 5 heteroatoms. The van der Waals surface area contributed by atoms with Gasteiger partial charge in [-0.2, -0.15) is 24.3 Å². The molecule has 0 aliphatic heterocycles. The Morgan fingerprint density at radius 2 is 1.73 bits per heavy atom. The first kappa shape index (κ1) is 17.7. The Hall–Kier alpha value is -0.647. The number of fused-ring (bicyclic) bond motifs is 1. The van der Waals surface area contributed by atoms with Gasteiger partial charge in [0, 0.05) is 6.20 Å². The average Bonchev–Trinajstić information content (AvgIpc) is 3.29. The van der Waals surface area contributed by atoms with Crippen molar-refractivity contribution in [3.05, 3.63) is 84.8 Å². The van der Waals surface area contributed by atoms with Crippen LogP contribution < -0.4 is 0 Å². The number of halogens is 2. The third kappa shape index (κ3) is 5.52. The molecule has 1 unspecified atom stereocenters. The van der Waals surface area contributed by atoms with Gasteiger partial charge in [0.2, 0.25) is 0 Å². The Morgan fingerprint density at radius 3 is 2.27 bits per heavy atom. The summed E-state index contributed by atoms with van der Waals surface area (Å²) >= 11 is -0.826. The van der Waals surface area contributed by atoms with E-state index in [1.807, 2.05) is 42.6 Å². The molecular formula is C17H14Cl2NPZr. The van der Waals surface area contributed by atoms with Crippen molar-refractivity contribution in [3.63, 3.8) is 0 Å². The molecule has 1 aromatic heterocycles. The minimum Gasteiger partial charge on any atom is -0.243 e. The van der Waals surface area contributed by atoms with E-state index >= 15 is 0 Å². The summed E-state index contributed by atoms with van der Waals surface area (Å²) in [6.07, 6.45) is 1.89. The summed E-state index contributed by atoms with van der Waals surface area (Å²) in [6, 6.07) is 25.0. The van der Waals surface area contributed by atoms with Crippen LogP contribution in [0.25, 0.3) is 16.1 Å². The van der Waals surface area contributed by atoms with E-state index in [0.717, 1.165) is 0 Å². The first-order valence-electron chi connectivity index (χ1n) is 6.63. The fourth-order valence-corrected chi connectivity index (χ4v) is 3.39. The second-order valence-corrected chi connectivity index (χ2v) is 9.79. The molecule has 1 heterocycles. The van der Waals surface area contributed by atoms with E-state index in [1.165, 1.54) is 16.1 Å². The SMILES string of the molecule is [Cl][Zr+2][Cl].c1cc[cH-]c1.c1ccc2[cH-]c(-p3cccn3)cc2c1. The molecule has 4 rings (SSSR count). The van der Waals surface area contributed by atoms with Crippen molar-refractivity contribution in [2.75, 3.05) is 0 Å². The Kier molecular flexibility index (Phi) is 8.20. The van der Waals surface area contributed by atoms with Crippen LogP contribution in [0.3, 0.4) is 0 Å². The molecule has 0 aliphatic carbocycles. The molecule has 110 valence electrons. The first-order chi connectivity index (χ1) is 10.8. The molecule has 0 bridgehead atoms. The Morgan fingerprint density at radius 1 is 1.00 bits per heavy atom. The largest absolute Gasteiger partial charge is 0.243 e. The molecule has 0 saturated carbocycles. The molecule has 1 nitrogen and oxygen atoms in total. The molecule has 0 N–H and O–H groups in total. The van der Waals surface area contributed by atoms with E-state index < -0.39 is 28.5 Å². The van der Waals surface area contributed by atoms with Crippen molar-refractivity contribution < 1.29 is 20.8 Å². The number of rotatable bonds is 1. The van der Waals surface area contributed by atoms with E-state index in [-0.39, 0.29) is 0 Å². The molecule has 0 radical (unpaired) electrons. The topological polar surface area (TPSA) is 12.9 Å². The van der Waals surface area contributed by atoms with Crippen molar-refractivity contribution in [1.82, 2.24) is 4.75 Å². The predicted molar refractivity (Wildman–Crippen MR) is 95.1 cm³/mol. The normalized spacial score (nSPS) is 10.0. The minimum absolute atomic E-state index is 0.398. The zero-order valence-corrected chi connectivity index (χ0v) is 16.6. The van der Waals surface area contributed by atoms with Crippen LogP contribution in [-0.4, -0.2) is 4.75 Å². The fraction of sp³-hybridized carbons (Fsp3) is 0. The molecule has 22 heavy (non-hydrogen) atoms. The standard InChI is InChI=1S/C12H9NP.C5H5.2ClH.Zr/c1-2-5-11-9-12(8-10(11)4-1)14-7-3-6-13-14;1-2-4-5-3-1;;;/h1-9H;1-5H;2*1H;/q2*-1;;;+4/p-2. The van der Waals surface area contributed by atoms with Crippen molar-refractivity contribution in [2.45, 2.75) is 0 Å². The Balaban J connectivity index is 0.000000184. The minimum atomic E-state index is -0.826. The van der Waals surface area contributed by atoms with E-state index in [9.17, 15) is 0 Å². The molecule has 4 aromatic rings. The zero-order chi connectivity index (χ0) is 15.6. The zero-order valence-electron chi connectivity index (χ0n) is 11.7. The molecule has 0 aliphatic rings. The molecule has 0 fully saturated rings. The van der Waals surface area contributed by atoms with Crippen molar-refractivity contribution in [1.29, 1.82) is 0 Å². The number of hydrogen-bond acceptors (Lipinski definition) is 1. The third-order valence-electron chi connectivity index (χ3n) is 2.93. The van der Waals surface area contributed by atoms with Gasteiger partial charge >= 0.3 is 37.9 Å². The van der Waals surface area contributed by atoms with Crippen LogP contribution in [-0.2, 0) is 20.8 Å². The predicted octanol–water partition coefficient (Wildman–Crippen LogP) is 6.71. The molecule has 0 saturated heterocycles. The van der Waals surface area contributed by atoms with Crippen LogP contribution in [0, 0.1) is 0 Å². The summed E-state index contributed by atoms with van der Waals surface area (Å²) in [6.45, 7) is 0. The van der Waals surface area contributed by atoms with Gasteiger partial charge in [-0.25, -0.2) is 16.9 Å². The van der Waals surface area contributed by atoms with Gasteiger partial charge in [-0.1, -0.05) is 11.4 Å². The molecule has 1 atom stereocenters. The van der Waals surface area contributed by atoms with E-state index in [0.29, 0.717) is 0 Å². The second kappa shape index (κ2) is 10.2. The number of benzene rings is 1. The summed E-state index contributed by atoms with van der Waals surface area (Å²) in [5, 5.41) is 3.99. The van der Waals surface area contributed by atoms with Crippen molar-refractivity contribution >= 4 is 35.5 Å². The van der Waals surface area contributed by atoms with Gasteiger partial charge in [-0.3, -0.25) is 0 Å². The summed E-state index contributed by atoms with van der Waals surface area (Å²) < 4.78 is 4.43. The monoisotopic (exact) mass is 423 g/mol. The molecule has 3 aromatic carbocycles. The molecule has 0 spiro atoms. The van der Waals surface area contributed by atoms with Gasteiger partial charge in [0.15, 0.2) is 0 Å². The van der Waals surface area contributed by atoms with Crippen LogP contribution in [0.5, 0.6) is 0 Å². The number of nitrogens with zero attached hydrogens (tertiary/aromatic N) is 1. The number of hydrogen-bond donors (Lipinski definition) is 0. The maximum absolute atomic E-state index is 4.93. The second-order valence-electron chi connectivity index (χ2n) is 4.33. The van der Waals surface area contributed by atoms with Crippen LogP contribution in [0.4, 0.5) is 0 Å². The number of aromatic nitrogens is 1. The van der Waals surface area contributed by atoms with Crippen molar-refractivity contribution in [3.8, 4) is 5.30 Å². The summed E-state index contributed by atoms with van der Waals surface area (Å²) in [5.41, 5.74) is 0. The first-order valence-corrected chi connectivity index (χ1v) is 14.3. The van der Waals surface area contributed by atoms with Gasteiger partial charge in [0.25, 0.3) is 0 Å². The Labute approximate surface area is 150 Å². The summed E-state index contributed by atoms with van der Waals surface area (Å²) in [7, 11) is 9.47. The van der Waals surface area contributed by atoms with Gasteiger partial charge in [0.05, 0.1) is 0 Å². The van der Waals surface area contributed by atoms with Crippen molar-refractivity contribution in [2.24, 2.45) is 0 Å². The van der Waals surface area contributed by atoms with Gasteiger partial charge < -0.3 is 0 Å². The maximum atomic E-state index is 4.93. The fourth-order valence-electron chi connectivity index (χ4n) is 2.01. The van der Waals surface area contributed by atoms with Crippen LogP contribution in [0.15, 0.2) is 84.8 Å². The Bertz CT molecular complexity index is 698. The third-order valence-corrected chi connectivity index (χ3v) is 4.55. The van der Waals surface area contributed by atoms with Crippen LogP contribution >= 0.6 is 24.7 Å². The van der Waals surface area contributed by atoms with E-state index in [1.54, 1.807) is 0 Å². The van der Waals surface area contributed by atoms with Gasteiger partial charge in [-0.05, 0) is 19.6 Å². The molecule has 0 amide bonds. The van der Waals surface area contributed by atoms with E-state index in [2.05, 4.69) is 46.9 Å². The summed E-state index contributed by atoms with van der Waals surface area (Å²) in [5.74, 6) is 2.18. The van der Waals surface area contributed by atoms with Crippen LogP contribution in [0.2, 0.25) is 0 Å². The summed E-state index contributed by atoms with van der Waals surface area (Å²) in [4.78, 5) is 0. The van der Waals surface area contributed by atoms with Crippen LogP contribution in [0.1, 0.15) is 0 Å². The molecular weight excluding hydrogens is 411 g/mol. The van der Waals surface area contributed by atoms with E-state index in [4.69, 9.17) is 17.0 Å².